The lowest BCUT2D eigenvalue weighted by Crippen LogP contribution is -2.13. The Morgan fingerprint density at radius 3 is 2.12 bits per heavy atom. The van der Waals surface area contributed by atoms with Crippen LogP contribution in [0.2, 0.25) is 10.0 Å². The first kappa shape index (κ1) is 19.3. The number of allylic oxidation sites excluding steroid dienone is 2. The van der Waals surface area contributed by atoms with Crippen molar-refractivity contribution in [3.8, 4) is 0 Å². The molecule has 0 aliphatic heterocycles. The molecule has 24 heavy (non-hydrogen) atoms. The number of halogens is 6. The van der Waals surface area contributed by atoms with E-state index in [4.69, 9.17) is 23.2 Å². The second kappa shape index (κ2) is 7.45. The number of benzene rings is 2. The van der Waals surface area contributed by atoms with Crippen LogP contribution in [0.3, 0.4) is 0 Å². The first-order valence-electron chi connectivity index (χ1n) is 6.64. The summed E-state index contributed by atoms with van der Waals surface area (Å²) < 4.78 is 40.9. The van der Waals surface area contributed by atoms with Gasteiger partial charge >= 0.3 is 6.18 Å². The molecule has 0 heterocycles. The lowest BCUT2D eigenvalue weighted by atomic mass is 10.0. The van der Waals surface area contributed by atoms with Gasteiger partial charge in [-0.1, -0.05) is 35.3 Å². The van der Waals surface area contributed by atoms with Gasteiger partial charge in [0.2, 0.25) is 0 Å². The highest BCUT2D eigenvalue weighted by atomic mass is 127. The van der Waals surface area contributed by atoms with Crippen LogP contribution in [0.15, 0.2) is 42.5 Å². The van der Waals surface area contributed by atoms with Crippen LogP contribution >= 0.6 is 45.8 Å². The molecule has 0 saturated heterocycles. The van der Waals surface area contributed by atoms with E-state index >= 15 is 0 Å². The van der Waals surface area contributed by atoms with E-state index in [1.807, 2.05) is 29.5 Å². The number of ketones is 1. The predicted molar refractivity (Wildman–Crippen MR) is 98.7 cm³/mol. The monoisotopic (exact) mass is 484 g/mol. The number of rotatable bonds is 3. The van der Waals surface area contributed by atoms with Gasteiger partial charge < -0.3 is 0 Å². The van der Waals surface area contributed by atoms with E-state index in [9.17, 15) is 18.0 Å². The zero-order chi connectivity index (χ0) is 18.1. The SMILES string of the molecule is Cc1ccc(C(=O)/C=C(\c2cc(Cl)cc(Cl)c2)C(F)(F)F)cc1I. The maximum atomic E-state index is 13.4. The first-order chi connectivity index (χ1) is 11.1. The largest absolute Gasteiger partial charge is 0.417 e. The van der Waals surface area contributed by atoms with Gasteiger partial charge in [-0.05, 0) is 71.0 Å². The van der Waals surface area contributed by atoms with Crippen LogP contribution in [0.1, 0.15) is 21.5 Å². The van der Waals surface area contributed by atoms with Gasteiger partial charge in [0.15, 0.2) is 5.78 Å². The average molecular weight is 485 g/mol. The molecule has 0 aliphatic carbocycles. The topological polar surface area (TPSA) is 17.1 Å². The summed E-state index contributed by atoms with van der Waals surface area (Å²) >= 11 is 13.6. The molecule has 0 unspecified atom stereocenters. The van der Waals surface area contributed by atoms with Gasteiger partial charge in [0.25, 0.3) is 0 Å². The zero-order valence-corrected chi connectivity index (χ0v) is 15.9. The summed E-state index contributed by atoms with van der Waals surface area (Å²) in [6, 6.07) is 8.30. The molecule has 2 rings (SSSR count). The second-order valence-corrected chi connectivity index (χ2v) is 7.08. The molecular formula is C17H10Cl2F3IO. The van der Waals surface area contributed by atoms with Gasteiger partial charge in [0, 0.05) is 19.2 Å². The van der Waals surface area contributed by atoms with Crippen molar-refractivity contribution < 1.29 is 18.0 Å². The number of carbonyl (C=O) groups is 1. The van der Waals surface area contributed by atoms with Crippen LogP contribution in [0.25, 0.3) is 5.57 Å². The molecule has 7 heteroatoms. The molecule has 0 atom stereocenters. The Morgan fingerprint density at radius 1 is 1.04 bits per heavy atom. The van der Waals surface area contributed by atoms with Crippen LogP contribution in [0.4, 0.5) is 13.2 Å². The summed E-state index contributed by atoms with van der Waals surface area (Å²) in [6.07, 6.45) is -4.15. The standard InChI is InChI=1S/C17H10Cl2F3IO/c1-9-2-3-10(6-15(9)23)16(24)8-14(17(20,21)22)11-4-12(18)7-13(19)5-11/h2-8H,1H3/b14-8+. The van der Waals surface area contributed by atoms with Crippen LogP contribution in [-0.2, 0) is 0 Å². The third kappa shape index (κ3) is 4.74. The summed E-state index contributed by atoms with van der Waals surface area (Å²) in [5.41, 5.74) is -0.226. The van der Waals surface area contributed by atoms with Crippen LogP contribution in [-0.4, -0.2) is 12.0 Å². The van der Waals surface area contributed by atoms with E-state index < -0.39 is 17.5 Å². The summed E-state index contributed by atoms with van der Waals surface area (Å²) in [5.74, 6) is -0.740. The lowest BCUT2D eigenvalue weighted by Gasteiger charge is -2.13. The van der Waals surface area contributed by atoms with Crippen molar-refractivity contribution in [1.29, 1.82) is 0 Å². The van der Waals surface area contributed by atoms with Crippen molar-refractivity contribution >= 4 is 57.1 Å². The van der Waals surface area contributed by atoms with E-state index in [0.29, 0.717) is 6.08 Å². The normalized spacial score (nSPS) is 12.4. The lowest BCUT2D eigenvalue weighted by molar-refractivity contribution is -0.0689. The van der Waals surface area contributed by atoms with Gasteiger partial charge in [-0.2, -0.15) is 13.2 Å². The Kier molecular flexibility index (Phi) is 5.99. The summed E-state index contributed by atoms with van der Waals surface area (Å²) in [7, 11) is 0. The smallest absolute Gasteiger partial charge is 0.289 e. The Hall–Kier alpha value is -1.05. The average Bonchev–Trinajstić information content (AvgIpc) is 2.45. The Balaban J connectivity index is 2.53. The molecule has 0 amide bonds. The van der Waals surface area contributed by atoms with E-state index in [0.717, 1.165) is 21.3 Å². The molecule has 0 aliphatic rings. The van der Waals surface area contributed by atoms with Gasteiger partial charge in [-0.25, -0.2) is 0 Å². The van der Waals surface area contributed by atoms with E-state index in [2.05, 4.69) is 0 Å². The van der Waals surface area contributed by atoms with Gasteiger partial charge in [0.05, 0.1) is 5.57 Å². The highest BCUT2D eigenvalue weighted by Crippen LogP contribution is 2.36. The van der Waals surface area contributed by atoms with Crippen molar-refractivity contribution in [3.05, 3.63) is 72.8 Å². The molecular weight excluding hydrogens is 475 g/mol. The maximum Gasteiger partial charge on any atom is 0.417 e. The summed E-state index contributed by atoms with van der Waals surface area (Å²) in [6.45, 7) is 1.85. The molecule has 0 radical (unpaired) electrons. The summed E-state index contributed by atoms with van der Waals surface area (Å²) in [4.78, 5) is 12.3. The number of hydrogen-bond acceptors (Lipinski definition) is 1. The Morgan fingerprint density at radius 2 is 1.62 bits per heavy atom. The number of hydrogen-bond donors (Lipinski definition) is 0. The molecule has 0 aromatic heterocycles. The molecule has 0 fully saturated rings. The van der Waals surface area contributed by atoms with Crippen LogP contribution in [0, 0.1) is 10.5 Å². The van der Waals surface area contributed by atoms with Crippen molar-refractivity contribution in [2.45, 2.75) is 13.1 Å². The van der Waals surface area contributed by atoms with Crippen molar-refractivity contribution in [2.75, 3.05) is 0 Å². The fourth-order valence-corrected chi connectivity index (χ4v) is 3.04. The third-order valence-corrected chi connectivity index (χ3v) is 4.81. The second-order valence-electron chi connectivity index (χ2n) is 5.04. The zero-order valence-electron chi connectivity index (χ0n) is 12.2. The summed E-state index contributed by atoms with van der Waals surface area (Å²) in [5, 5.41) is 0.120. The maximum absolute atomic E-state index is 13.4. The third-order valence-electron chi connectivity index (χ3n) is 3.21. The number of carbonyl (C=O) groups excluding carboxylic acids is 1. The molecule has 2 aromatic rings. The fourth-order valence-electron chi connectivity index (χ4n) is 2.00. The molecule has 0 N–H and O–H groups in total. The molecule has 126 valence electrons. The van der Waals surface area contributed by atoms with Gasteiger partial charge in [-0.3, -0.25) is 4.79 Å². The van der Waals surface area contributed by atoms with Crippen LogP contribution < -0.4 is 0 Å². The van der Waals surface area contributed by atoms with Gasteiger partial charge in [-0.15, -0.1) is 0 Å². The van der Waals surface area contributed by atoms with E-state index in [1.165, 1.54) is 12.1 Å². The number of alkyl halides is 3. The van der Waals surface area contributed by atoms with Crippen molar-refractivity contribution in [3.63, 3.8) is 0 Å². The minimum absolute atomic E-state index is 0.0602. The van der Waals surface area contributed by atoms with Crippen LogP contribution in [0.5, 0.6) is 0 Å². The van der Waals surface area contributed by atoms with Crippen molar-refractivity contribution in [2.24, 2.45) is 0 Å². The first-order valence-corrected chi connectivity index (χ1v) is 8.47. The minimum atomic E-state index is -4.72. The Labute approximate surface area is 160 Å². The van der Waals surface area contributed by atoms with E-state index in [1.54, 1.807) is 12.1 Å². The molecule has 1 nitrogen and oxygen atoms in total. The molecule has 0 saturated carbocycles. The Bertz CT molecular complexity index is 809. The van der Waals surface area contributed by atoms with Gasteiger partial charge in [0.1, 0.15) is 0 Å². The minimum Gasteiger partial charge on any atom is -0.289 e. The molecule has 0 spiro atoms. The predicted octanol–water partition coefficient (Wildman–Crippen LogP) is 6.74. The molecule has 0 bridgehead atoms. The highest BCUT2D eigenvalue weighted by Gasteiger charge is 2.35. The van der Waals surface area contributed by atoms with Crippen molar-refractivity contribution in [1.82, 2.24) is 0 Å². The quantitative estimate of drug-likeness (QED) is 0.268. The van der Waals surface area contributed by atoms with E-state index in [-0.39, 0.29) is 21.2 Å². The number of aryl methyl sites for hydroxylation is 1. The molecule has 2 aromatic carbocycles. The highest BCUT2D eigenvalue weighted by molar-refractivity contribution is 14.1. The fraction of sp³-hybridized carbons (Fsp3) is 0.118.